The van der Waals surface area contributed by atoms with Crippen molar-refractivity contribution < 1.29 is 31.5 Å². The number of nitrogen functional groups attached to an aromatic ring is 1. The molecule has 3 heterocycles. The Kier molecular flexibility index (Phi) is 6.01. The predicted octanol–water partition coefficient (Wildman–Crippen LogP) is 3.80. The number of hydrogen-bond donors (Lipinski definition) is 1. The van der Waals surface area contributed by atoms with Gasteiger partial charge in [0.1, 0.15) is 11.9 Å². The molecule has 1 aliphatic heterocycles. The van der Waals surface area contributed by atoms with Gasteiger partial charge in [0.05, 0.1) is 30.1 Å². The molecule has 1 aliphatic carbocycles. The van der Waals surface area contributed by atoms with Crippen LogP contribution in [-0.4, -0.2) is 51.4 Å². The lowest BCUT2D eigenvalue weighted by Crippen LogP contribution is -2.44. The quantitative estimate of drug-likeness (QED) is 0.481. The Bertz CT molecular complexity index is 1020. The minimum absolute atomic E-state index is 0.00879. The summed E-state index contributed by atoms with van der Waals surface area (Å²) in [4.78, 5) is 22.1. The number of carbonyl (C=O) groups excluding carboxylic acids is 1. The summed E-state index contributed by atoms with van der Waals surface area (Å²) < 4.78 is 70.8. The van der Waals surface area contributed by atoms with Gasteiger partial charge >= 0.3 is 12.7 Å². The molecule has 180 valence electrons. The van der Waals surface area contributed by atoms with Gasteiger partial charge in [-0.15, -0.1) is 0 Å². The first-order valence-corrected chi connectivity index (χ1v) is 10.4. The summed E-state index contributed by atoms with van der Waals surface area (Å²) in [5.41, 5.74) is 5.81. The van der Waals surface area contributed by atoms with Crippen molar-refractivity contribution >= 4 is 18.1 Å². The summed E-state index contributed by atoms with van der Waals surface area (Å²) in [6.45, 7) is -0.474. The molecule has 2 N–H and O–H groups in total. The van der Waals surface area contributed by atoms with Crippen molar-refractivity contribution in [2.45, 2.75) is 63.0 Å². The van der Waals surface area contributed by atoms with Crippen LogP contribution < -0.4 is 10.6 Å². The Balaban J connectivity index is 1.63. The molecular weight excluding hydrogens is 451 g/mol. The summed E-state index contributed by atoms with van der Waals surface area (Å²) in [6, 6.07) is 0. The van der Waals surface area contributed by atoms with Crippen molar-refractivity contribution in [3.8, 4) is 0 Å². The molecule has 0 amide bonds. The number of anilines is 2. The highest BCUT2D eigenvalue weighted by Gasteiger charge is 2.49. The third kappa shape index (κ3) is 4.92. The largest absolute Gasteiger partial charge is 0.389 e. The lowest BCUT2D eigenvalue weighted by Gasteiger charge is -2.37. The molecule has 33 heavy (non-hydrogen) atoms. The van der Waals surface area contributed by atoms with E-state index in [-0.39, 0.29) is 42.1 Å². The number of nitrogens with zero attached hydrogens (tertiary/aromatic N) is 5. The van der Waals surface area contributed by atoms with E-state index in [9.17, 15) is 26.7 Å². The zero-order valence-corrected chi connectivity index (χ0v) is 17.7. The third-order valence-electron chi connectivity index (χ3n) is 6.06. The highest BCUT2D eigenvalue weighted by atomic mass is 19.4. The second kappa shape index (κ2) is 8.50. The Morgan fingerprint density at radius 2 is 2.03 bits per heavy atom. The average Bonchev–Trinajstić information content (AvgIpc) is 3.36. The van der Waals surface area contributed by atoms with Gasteiger partial charge in [0.15, 0.2) is 6.29 Å². The topological polar surface area (TPSA) is 99.2 Å². The van der Waals surface area contributed by atoms with E-state index in [1.54, 1.807) is 11.8 Å². The standard InChI is InChI=1S/C20H23F5N6O2/c1-11-7-30(9-14(33-11)12-6-27-31(8-12)17(21)22)18-28-15(13(10-32)16(26)29-18)19(2-3-19)4-5-20(23,24)25/h6,8,10-11,14,17H,2-5,7,9H2,1H3,(H2,26,28,29). The van der Waals surface area contributed by atoms with E-state index in [4.69, 9.17) is 10.5 Å². The smallest absolute Gasteiger partial charge is 0.383 e. The predicted molar refractivity (Wildman–Crippen MR) is 107 cm³/mol. The van der Waals surface area contributed by atoms with Crippen LogP contribution in [0.2, 0.25) is 0 Å². The Morgan fingerprint density at radius 3 is 2.61 bits per heavy atom. The molecule has 2 unspecified atom stereocenters. The molecule has 1 saturated heterocycles. The normalized spacial score (nSPS) is 22.6. The van der Waals surface area contributed by atoms with Crippen molar-refractivity contribution in [3.63, 3.8) is 0 Å². The zero-order valence-electron chi connectivity index (χ0n) is 17.7. The second-order valence-corrected chi connectivity index (χ2v) is 8.56. The van der Waals surface area contributed by atoms with Crippen LogP contribution in [0.3, 0.4) is 0 Å². The lowest BCUT2D eigenvalue weighted by atomic mass is 9.92. The molecule has 4 rings (SSSR count). The number of carbonyl (C=O) groups is 1. The van der Waals surface area contributed by atoms with Gasteiger partial charge in [-0.2, -0.15) is 32.0 Å². The Morgan fingerprint density at radius 1 is 1.30 bits per heavy atom. The van der Waals surface area contributed by atoms with Crippen LogP contribution in [0.25, 0.3) is 0 Å². The number of rotatable bonds is 7. The van der Waals surface area contributed by atoms with Gasteiger partial charge in [-0.3, -0.25) is 4.79 Å². The van der Waals surface area contributed by atoms with Gasteiger partial charge in [-0.1, -0.05) is 0 Å². The van der Waals surface area contributed by atoms with E-state index in [2.05, 4.69) is 15.1 Å². The number of morpholine rings is 1. The van der Waals surface area contributed by atoms with Crippen molar-refractivity contribution in [1.82, 2.24) is 19.7 Å². The first-order valence-electron chi connectivity index (χ1n) is 10.4. The van der Waals surface area contributed by atoms with Crippen LogP contribution in [0.5, 0.6) is 0 Å². The molecule has 13 heteroatoms. The molecule has 2 fully saturated rings. The van der Waals surface area contributed by atoms with Gasteiger partial charge in [-0.05, 0) is 26.2 Å². The van der Waals surface area contributed by atoms with Gasteiger partial charge < -0.3 is 15.4 Å². The zero-order chi connectivity index (χ0) is 24.0. The fourth-order valence-electron chi connectivity index (χ4n) is 4.20. The molecule has 2 aromatic heterocycles. The van der Waals surface area contributed by atoms with Crippen LogP contribution in [-0.2, 0) is 10.2 Å². The summed E-state index contributed by atoms with van der Waals surface area (Å²) >= 11 is 0. The monoisotopic (exact) mass is 474 g/mol. The van der Waals surface area contributed by atoms with Crippen LogP contribution in [0.15, 0.2) is 12.4 Å². The molecule has 2 aromatic rings. The van der Waals surface area contributed by atoms with Crippen LogP contribution in [0.1, 0.15) is 66.9 Å². The fourth-order valence-corrected chi connectivity index (χ4v) is 4.20. The lowest BCUT2D eigenvalue weighted by molar-refractivity contribution is -0.136. The van der Waals surface area contributed by atoms with E-state index in [0.29, 0.717) is 35.9 Å². The summed E-state index contributed by atoms with van der Waals surface area (Å²) in [5.74, 6) is 0.0530. The van der Waals surface area contributed by atoms with Gasteiger partial charge in [0.2, 0.25) is 5.95 Å². The number of aldehydes is 1. The summed E-state index contributed by atoms with van der Waals surface area (Å²) in [5, 5.41) is 3.63. The maximum absolute atomic E-state index is 12.9. The fraction of sp³-hybridized carbons (Fsp3) is 0.600. The van der Waals surface area contributed by atoms with Gasteiger partial charge in [0.25, 0.3) is 0 Å². The maximum atomic E-state index is 12.9. The van der Waals surface area contributed by atoms with Crippen LogP contribution >= 0.6 is 0 Å². The maximum Gasteiger partial charge on any atom is 0.389 e. The molecule has 2 atom stereocenters. The van der Waals surface area contributed by atoms with Crippen molar-refractivity contribution in [3.05, 3.63) is 29.2 Å². The summed E-state index contributed by atoms with van der Waals surface area (Å²) in [6.07, 6.45) is -2.56. The van der Waals surface area contributed by atoms with E-state index >= 15 is 0 Å². The highest BCUT2D eigenvalue weighted by Crippen LogP contribution is 2.53. The van der Waals surface area contributed by atoms with E-state index in [0.717, 1.165) is 0 Å². The molecule has 0 aromatic carbocycles. The van der Waals surface area contributed by atoms with E-state index < -0.39 is 30.7 Å². The van der Waals surface area contributed by atoms with Crippen molar-refractivity contribution in [2.75, 3.05) is 23.7 Å². The van der Waals surface area contributed by atoms with Crippen LogP contribution in [0.4, 0.5) is 33.7 Å². The summed E-state index contributed by atoms with van der Waals surface area (Å²) in [7, 11) is 0. The number of hydrogen-bond acceptors (Lipinski definition) is 7. The van der Waals surface area contributed by atoms with E-state index in [1.165, 1.54) is 12.4 Å². The molecule has 0 bridgehead atoms. The van der Waals surface area contributed by atoms with Crippen LogP contribution in [0, 0.1) is 0 Å². The number of aromatic nitrogens is 4. The number of alkyl halides is 5. The number of nitrogens with two attached hydrogens (primary N) is 1. The minimum Gasteiger partial charge on any atom is -0.383 e. The van der Waals surface area contributed by atoms with Gasteiger partial charge in [0, 0.05) is 30.1 Å². The highest BCUT2D eigenvalue weighted by molar-refractivity contribution is 5.84. The van der Waals surface area contributed by atoms with Crippen molar-refractivity contribution in [2.24, 2.45) is 0 Å². The van der Waals surface area contributed by atoms with Crippen molar-refractivity contribution in [1.29, 1.82) is 0 Å². The minimum atomic E-state index is -4.33. The van der Waals surface area contributed by atoms with E-state index in [1.807, 2.05) is 0 Å². The second-order valence-electron chi connectivity index (χ2n) is 8.56. The Labute approximate surface area is 185 Å². The van der Waals surface area contributed by atoms with Gasteiger partial charge in [-0.25, -0.2) is 9.67 Å². The number of halogens is 5. The number of ether oxygens (including phenoxy) is 1. The first-order chi connectivity index (χ1) is 15.5. The molecule has 0 radical (unpaired) electrons. The molecule has 1 saturated carbocycles. The average molecular weight is 474 g/mol. The molecule has 2 aliphatic rings. The molecule has 8 nitrogen and oxygen atoms in total. The molecule has 0 spiro atoms. The Hall–Kier alpha value is -2.83. The molecular formula is C20H23F5N6O2. The third-order valence-corrected chi connectivity index (χ3v) is 6.06. The first kappa shape index (κ1) is 23.3. The SMILES string of the molecule is CC1CN(c2nc(N)c(C=O)c(C3(CCC(F)(F)F)CC3)n2)CC(c2cnn(C(F)F)c2)O1.